The molecule has 7 heteroatoms. The number of nitrogens with zero attached hydrogens (tertiary/aromatic N) is 1. The fourth-order valence-corrected chi connectivity index (χ4v) is 1.84. The number of anilines is 1. The largest absolute Gasteiger partial charge is 0.478 e. The van der Waals surface area contributed by atoms with Crippen LogP contribution >= 0.6 is 0 Å². The highest BCUT2D eigenvalue weighted by Gasteiger charge is 2.24. The molecule has 1 aromatic rings. The minimum atomic E-state index is -1.11. The van der Waals surface area contributed by atoms with Crippen molar-refractivity contribution in [3.8, 4) is 0 Å². The summed E-state index contributed by atoms with van der Waals surface area (Å²) in [5, 5.41) is 14.3. The summed E-state index contributed by atoms with van der Waals surface area (Å²) in [5.41, 5.74) is 0.294. The SMILES string of the molecule is CN(C(=O)NCC(=O)NC1CC1)c1ccccc1C(=O)O. The van der Waals surface area contributed by atoms with Crippen molar-refractivity contribution in [3.05, 3.63) is 29.8 Å². The molecule has 2 rings (SSSR count). The average molecular weight is 291 g/mol. The number of benzene rings is 1. The topological polar surface area (TPSA) is 98.7 Å². The Balaban J connectivity index is 1.95. The van der Waals surface area contributed by atoms with Crippen molar-refractivity contribution in [2.24, 2.45) is 0 Å². The lowest BCUT2D eigenvalue weighted by Crippen LogP contribution is -2.43. The Morgan fingerprint density at radius 3 is 2.57 bits per heavy atom. The number of nitrogens with one attached hydrogen (secondary N) is 2. The maximum absolute atomic E-state index is 12.0. The number of hydrogen-bond donors (Lipinski definition) is 3. The second kappa shape index (κ2) is 6.25. The third-order valence-corrected chi connectivity index (χ3v) is 3.14. The molecule has 1 fully saturated rings. The predicted octanol–water partition coefficient (Wildman–Crippen LogP) is 0.809. The predicted molar refractivity (Wildman–Crippen MR) is 76.4 cm³/mol. The van der Waals surface area contributed by atoms with E-state index >= 15 is 0 Å². The first-order chi connectivity index (χ1) is 9.99. The molecule has 0 radical (unpaired) electrons. The average Bonchev–Trinajstić information content (AvgIpc) is 3.27. The lowest BCUT2D eigenvalue weighted by Gasteiger charge is -2.19. The van der Waals surface area contributed by atoms with E-state index in [2.05, 4.69) is 10.6 Å². The van der Waals surface area contributed by atoms with Crippen molar-refractivity contribution in [1.29, 1.82) is 0 Å². The monoisotopic (exact) mass is 291 g/mol. The number of para-hydroxylation sites is 1. The van der Waals surface area contributed by atoms with Crippen LogP contribution in [0.4, 0.5) is 10.5 Å². The Labute approximate surface area is 121 Å². The third-order valence-electron chi connectivity index (χ3n) is 3.14. The standard InChI is InChI=1S/C14H17N3O4/c1-17(11-5-3-2-4-10(11)13(19)20)14(21)15-8-12(18)16-9-6-7-9/h2-5,9H,6-8H2,1H3,(H,15,21)(H,16,18)(H,19,20). The third kappa shape index (κ3) is 3.95. The molecular weight excluding hydrogens is 274 g/mol. The van der Waals surface area contributed by atoms with Crippen LogP contribution in [0.5, 0.6) is 0 Å². The van der Waals surface area contributed by atoms with Crippen molar-refractivity contribution < 1.29 is 19.5 Å². The first-order valence-corrected chi connectivity index (χ1v) is 6.62. The number of aromatic carboxylic acids is 1. The van der Waals surface area contributed by atoms with E-state index in [9.17, 15) is 14.4 Å². The minimum absolute atomic E-state index is 0.0255. The molecule has 0 bridgehead atoms. The molecule has 0 saturated heterocycles. The van der Waals surface area contributed by atoms with Crippen LogP contribution in [0.15, 0.2) is 24.3 Å². The smallest absolute Gasteiger partial charge is 0.337 e. The number of amides is 3. The Morgan fingerprint density at radius 2 is 1.95 bits per heavy atom. The van der Waals surface area contributed by atoms with Gasteiger partial charge in [-0.15, -0.1) is 0 Å². The molecule has 0 aliphatic heterocycles. The number of rotatable bonds is 5. The van der Waals surface area contributed by atoms with E-state index in [1.807, 2.05) is 0 Å². The van der Waals surface area contributed by atoms with Crippen LogP contribution in [0.1, 0.15) is 23.2 Å². The number of carboxylic acid groups (broad SMARTS) is 1. The van der Waals surface area contributed by atoms with Crippen molar-refractivity contribution in [2.75, 3.05) is 18.5 Å². The van der Waals surface area contributed by atoms with Gasteiger partial charge in [-0.05, 0) is 25.0 Å². The first-order valence-electron chi connectivity index (χ1n) is 6.62. The normalized spacial score (nSPS) is 13.4. The number of carboxylic acids is 1. The lowest BCUT2D eigenvalue weighted by atomic mass is 10.1. The molecule has 0 aromatic heterocycles. The van der Waals surface area contributed by atoms with Gasteiger partial charge in [-0.2, -0.15) is 0 Å². The van der Waals surface area contributed by atoms with Gasteiger partial charge in [0.2, 0.25) is 5.91 Å². The van der Waals surface area contributed by atoms with Crippen molar-refractivity contribution in [1.82, 2.24) is 10.6 Å². The summed E-state index contributed by atoms with van der Waals surface area (Å²) in [7, 11) is 1.45. The van der Waals surface area contributed by atoms with E-state index in [1.54, 1.807) is 12.1 Å². The van der Waals surface area contributed by atoms with Crippen LogP contribution in [-0.4, -0.2) is 42.6 Å². The Morgan fingerprint density at radius 1 is 1.29 bits per heavy atom. The molecule has 1 aliphatic carbocycles. The van der Waals surface area contributed by atoms with Crippen LogP contribution in [0.25, 0.3) is 0 Å². The number of carbonyl (C=O) groups excluding carboxylic acids is 2. The zero-order valence-corrected chi connectivity index (χ0v) is 11.6. The Bertz CT molecular complexity index is 569. The molecule has 1 aromatic carbocycles. The van der Waals surface area contributed by atoms with E-state index in [0.29, 0.717) is 0 Å². The summed E-state index contributed by atoms with van der Waals surface area (Å²) in [4.78, 5) is 35.8. The highest BCUT2D eigenvalue weighted by atomic mass is 16.4. The van der Waals surface area contributed by atoms with Gasteiger partial charge in [-0.3, -0.25) is 9.69 Å². The van der Waals surface area contributed by atoms with Gasteiger partial charge in [-0.1, -0.05) is 12.1 Å². The number of urea groups is 1. The fraction of sp³-hybridized carbons (Fsp3) is 0.357. The molecule has 7 nitrogen and oxygen atoms in total. The zero-order chi connectivity index (χ0) is 15.4. The Kier molecular flexibility index (Phi) is 4.42. The van der Waals surface area contributed by atoms with Gasteiger partial charge in [-0.25, -0.2) is 9.59 Å². The summed E-state index contributed by atoms with van der Waals surface area (Å²) in [6, 6.07) is 5.89. The van der Waals surface area contributed by atoms with Crippen LogP contribution < -0.4 is 15.5 Å². The van der Waals surface area contributed by atoms with E-state index in [0.717, 1.165) is 12.8 Å². The summed E-state index contributed by atoms with van der Waals surface area (Å²) in [5.74, 6) is -1.36. The molecule has 1 saturated carbocycles. The summed E-state index contributed by atoms with van der Waals surface area (Å²) in [6.45, 7) is -0.130. The zero-order valence-electron chi connectivity index (χ0n) is 11.6. The van der Waals surface area contributed by atoms with E-state index < -0.39 is 12.0 Å². The second-order valence-electron chi connectivity index (χ2n) is 4.88. The van der Waals surface area contributed by atoms with E-state index in [1.165, 1.54) is 24.1 Å². The van der Waals surface area contributed by atoms with Gasteiger partial charge in [0.25, 0.3) is 0 Å². The van der Waals surface area contributed by atoms with Crippen LogP contribution in [0.2, 0.25) is 0 Å². The van der Waals surface area contributed by atoms with E-state index in [4.69, 9.17) is 5.11 Å². The quantitative estimate of drug-likeness (QED) is 0.747. The fourth-order valence-electron chi connectivity index (χ4n) is 1.84. The molecule has 3 N–H and O–H groups in total. The molecule has 3 amide bonds. The molecule has 0 atom stereocenters. The van der Waals surface area contributed by atoms with Gasteiger partial charge in [0.15, 0.2) is 0 Å². The maximum atomic E-state index is 12.0. The van der Waals surface area contributed by atoms with Gasteiger partial charge >= 0.3 is 12.0 Å². The van der Waals surface area contributed by atoms with Crippen LogP contribution in [0, 0.1) is 0 Å². The van der Waals surface area contributed by atoms with Crippen LogP contribution in [-0.2, 0) is 4.79 Å². The van der Waals surface area contributed by atoms with Gasteiger partial charge in [0.05, 0.1) is 17.8 Å². The molecule has 1 aliphatic rings. The molecular formula is C14H17N3O4. The van der Waals surface area contributed by atoms with Crippen molar-refractivity contribution in [3.63, 3.8) is 0 Å². The van der Waals surface area contributed by atoms with Gasteiger partial charge in [0, 0.05) is 13.1 Å². The summed E-state index contributed by atoms with van der Waals surface area (Å²) >= 11 is 0. The number of hydrogen-bond acceptors (Lipinski definition) is 3. The van der Waals surface area contributed by atoms with Crippen molar-refractivity contribution >= 4 is 23.6 Å². The molecule has 0 unspecified atom stereocenters. The van der Waals surface area contributed by atoms with Gasteiger partial charge < -0.3 is 15.7 Å². The second-order valence-corrected chi connectivity index (χ2v) is 4.88. The van der Waals surface area contributed by atoms with Gasteiger partial charge in [0.1, 0.15) is 0 Å². The molecule has 0 heterocycles. The minimum Gasteiger partial charge on any atom is -0.478 e. The maximum Gasteiger partial charge on any atom is 0.337 e. The molecule has 112 valence electrons. The molecule has 0 spiro atoms. The Hall–Kier alpha value is -2.57. The highest BCUT2D eigenvalue weighted by molar-refractivity contribution is 6.01. The summed E-state index contributed by atoms with van der Waals surface area (Å²) < 4.78 is 0. The number of carbonyl (C=O) groups is 3. The molecule has 21 heavy (non-hydrogen) atoms. The van der Waals surface area contributed by atoms with E-state index in [-0.39, 0.29) is 29.7 Å². The lowest BCUT2D eigenvalue weighted by molar-refractivity contribution is -0.120. The van der Waals surface area contributed by atoms with Crippen molar-refractivity contribution in [2.45, 2.75) is 18.9 Å². The highest BCUT2D eigenvalue weighted by Crippen LogP contribution is 2.19. The summed E-state index contributed by atoms with van der Waals surface area (Å²) in [6.07, 6.45) is 1.96. The first kappa shape index (κ1) is 14.8. The van der Waals surface area contributed by atoms with Crippen LogP contribution in [0.3, 0.4) is 0 Å².